The van der Waals surface area contributed by atoms with Crippen LogP contribution in [0, 0.1) is 13.8 Å². The van der Waals surface area contributed by atoms with Gasteiger partial charge in [-0.2, -0.15) is 4.98 Å². The fourth-order valence-corrected chi connectivity index (χ4v) is 2.99. The minimum absolute atomic E-state index is 0. The lowest BCUT2D eigenvalue weighted by Gasteiger charge is -2.27. The number of amides is 1. The Kier molecular flexibility index (Phi) is 6.33. The Bertz CT molecular complexity index is 696. The fraction of sp³-hybridized carbons (Fsp3) is 0.571. The first kappa shape index (κ1) is 19.6. The Morgan fingerprint density at radius 3 is 2.57 bits per heavy atom. The van der Waals surface area contributed by atoms with Crippen LogP contribution >= 0.6 is 24.8 Å². The zero-order chi connectivity index (χ0) is 15.0. The molecule has 2 heterocycles. The maximum atomic E-state index is 12.4. The van der Waals surface area contributed by atoms with E-state index in [9.17, 15) is 4.79 Å². The summed E-state index contributed by atoms with van der Waals surface area (Å²) in [7, 11) is 0. The summed E-state index contributed by atoms with van der Waals surface area (Å²) in [4.78, 5) is 20.9. The number of halogens is 2. The molecule has 3 N–H and O–H groups in total. The van der Waals surface area contributed by atoms with Gasteiger partial charge in [-0.05, 0) is 32.8 Å². The van der Waals surface area contributed by atoms with E-state index in [0.717, 1.165) is 37.1 Å². The molecule has 1 aliphatic rings. The number of carbonyl (C=O) groups is 1. The number of aryl methyl sites for hydroxylation is 2. The highest BCUT2D eigenvalue weighted by Crippen LogP contribution is 2.28. The van der Waals surface area contributed by atoms with Crippen LogP contribution in [0.4, 0.5) is 0 Å². The first-order valence-corrected chi connectivity index (χ1v) is 7.27. The van der Waals surface area contributed by atoms with Gasteiger partial charge in [0.15, 0.2) is 0 Å². The number of nitrogens with two attached hydrogens (primary N) is 1. The maximum absolute atomic E-state index is 12.4. The van der Waals surface area contributed by atoms with Crippen LogP contribution in [0.5, 0.6) is 0 Å². The van der Waals surface area contributed by atoms with Crippen molar-refractivity contribution >= 4 is 36.5 Å². The minimum Gasteiger partial charge on any atom is -0.343 e. The Balaban J connectivity index is 0.00000132. The molecule has 9 heteroatoms. The molecule has 2 aromatic rings. The van der Waals surface area contributed by atoms with Gasteiger partial charge in [0.1, 0.15) is 0 Å². The summed E-state index contributed by atoms with van der Waals surface area (Å²) in [6, 6.07) is 1.90. The van der Waals surface area contributed by atoms with Crippen LogP contribution in [0.25, 0.3) is 5.78 Å². The molecular weight excluding hydrogens is 339 g/mol. The highest BCUT2D eigenvalue weighted by atomic mass is 35.5. The monoisotopic (exact) mass is 360 g/mol. The largest absolute Gasteiger partial charge is 0.343 e. The summed E-state index contributed by atoms with van der Waals surface area (Å²) in [6.07, 6.45) is 4.02. The molecule has 0 unspecified atom stereocenters. The quantitative estimate of drug-likeness (QED) is 0.865. The third-order valence-corrected chi connectivity index (χ3v) is 4.15. The standard InChI is InChI=1S/C14H20N6O.2ClH/c1-9-7-10(2)20-13(16-9)17-11(19-20)12(21)18-14(8-15)5-3-4-6-14;;/h7H,3-6,8,15H2,1-2H3,(H,18,21);2*1H. The van der Waals surface area contributed by atoms with Crippen molar-refractivity contribution in [3.05, 3.63) is 23.3 Å². The first-order valence-electron chi connectivity index (χ1n) is 7.27. The lowest BCUT2D eigenvalue weighted by atomic mass is 9.98. The van der Waals surface area contributed by atoms with E-state index in [1.807, 2.05) is 19.9 Å². The Morgan fingerprint density at radius 2 is 1.96 bits per heavy atom. The Hall–Kier alpha value is -1.44. The summed E-state index contributed by atoms with van der Waals surface area (Å²) in [5.41, 5.74) is 7.30. The van der Waals surface area contributed by atoms with E-state index in [0.29, 0.717) is 12.3 Å². The molecule has 0 spiro atoms. The van der Waals surface area contributed by atoms with Crippen LogP contribution in [0.3, 0.4) is 0 Å². The van der Waals surface area contributed by atoms with E-state index in [4.69, 9.17) is 5.73 Å². The summed E-state index contributed by atoms with van der Waals surface area (Å²) in [6.45, 7) is 4.25. The number of nitrogens with one attached hydrogen (secondary N) is 1. The van der Waals surface area contributed by atoms with Gasteiger partial charge >= 0.3 is 0 Å². The lowest BCUT2D eigenvalue weighted by molar-refractivity contribution is 0.0892. The summed E-state index contributed by atoms with van der Waals surface area (Å²) in [5.74, 6) is 0.326. The smallest absolute Gasteiger partial charge is 0.291 e. The zero-order valence-electron chi connectivity index (χ0n) is 13.2. The van der Waals surface area contributed by atoms with E-state index in [-0.39, 0.29) is 42.1 Å². The summed E-state index contributed by atoms with van der Waals surface area (Å²) >= 11 is 0. The molecule has 7 nitrogen and oxygen atoms in total. The van der Waals surface area contributed by atoms with Crippen LogP contribution in [0.15, 0.2) is 6.07 Å². The highest BCUT2D eigenvalue weighted by molar-refractivity contribution is 5.91. The number of rotatable bonds is 3. The topological polar surface area (TPSA) is 98.2 Å². The maximum Gasteiger partial charge on any atom is 0.291 e. The second-order valence-electron chi connectivity index (χ2n) is 5.83. The van der Waals surface area contributed by atoms with Crippen LogP contribution in [0.1, 0.15) is 47.7 Å². The summed E-state index contributed by atoms with van der Waals surface area (Å²) < 4.78 is 1.59. The summed E-state index contributed by atoms with van der Waals surface area (Å²) in [5, 5.41) is 7.27. The molecule has 1 fully saturated rings. The van der Waals surface area contributed by atoms with Gasteiger partial charge in [0.2, 0.25) is 5.82 Å². The van der Waals surface area contributed by atoms with Crippen LogP contribution in [-0.4, -0.2) is 37.6 Å². The van der Waals surface area contributed by atoms with Gasteiger partial charge in [0.25, 0.3) is 11.7 Å². The van der Waals surface area contributed by atoms with Gasteiger partial charge in [-0.3, -0.25) is 4.79 Å². The normalized spacial score (nSPS) is 15.8. The number of nitrogens with zero attached hydrogens (tertiary/aromatic N) is 4. The van der Waals surface area contributed by atoms with Crippen molar-refractivity contribution in [2.45, 2.75) is 45.1 Å². The molecule has 0 bridgehead atoms. The lowest BCUT2D eigenvalue weighted by Crippen LogP contribution is -2.51. The molecule has 0 atom stereocenters. The molecular formula is C14H22Cl2N6O. The predicted octanol–water partition coefficient (Wildman–Crippen LogP) is 1.59. The van der Waals surface area contributed by atoms with Gasteiger partial charge in [-0.25, -0.2) is 9.50 Å². The molecule has 0 saturated heterocycles. The number of carbonyl (C=O) groups excluding carboxylic acids is 1. The molecule has 0 aromatic carbocycles. The average Bonchev–Trinajstić information content (AvgIpc) is 3.05. The molecule has 1 saturated carbocycles. The van der Waals surface area contributed by atoms with Crippen molar-refractivity contribution < 1.29 is 4.79 Å². The van der Waals surface area contributed by atoms with E-state index >= 15 is 0 Å². The number of hydrogen-bond donors (Lipinski definition) is 2. The molecule has 1 aliphatic carbocycles. The van der Waals surface area contributed by atoms with E-state index in [2.05, 4.69) is 20.4 Å². The van der Waals surface area contributed by atoms with Gasteiger partial charge in [0, 0.05) is 17.9 Å². The minimum atomic E-state index is -0.299. The third-order valence-electron chi connectivity index (χ3n) is 4.15. The number of fused-ring (bicyclic) bond motifs is 1. The van der Waals surface area contributed by atoms with Crippen LogP contribution in [0.2, 0.25) is 0 Å². The zero-order valence-corrected chi connectivity index (χ0v) is 14.8. The molecule has 3 rings (SSSR count). The molecule has 2 aromatic heterocycles. The average molecular weight is 361 g/mol. The molecule has 0 radical (unpaired) electrons. The van der Waals surface area contributed by atoms with E-state index in [1.165, 1.54) is 0 Å². The molecule has 23 heavy (non-hydrogen) atoms. The fourth-order valence-electron chi connectivity index (χ4n) is 2.99. The molecule has 0 aliphatic heterocycles. The van der Waals surface area contributed by atoms with Gasteiger partial charge in [-0.1, -0.05) is 12.8 Å². The second-order valence-corrected chi connectivity index (χ2v) is 5.83. The van der Waals surface area contributed by atoms with Crippen molar-refractivity contribution in [3.63, 3.8) is 0 Å². The molecule has 128 valence electrons. The first-order chi connectivity index (χ1) is 10.0. The van der Waals surface area contributed by atoms with E-state index < -0.39 is 0 Å². The van der Waals surface area contributed by atoms with Crippen molar-refractivity contribution in [1.82, 2.24) is 24.9 Å². The van der Waals surface area contributed by atoms with Crippen molar-refractivity contribution in [1.29, 1.82) is 0 Å². The van der Waals surface area contributed by atoms with Gasteiger partial charge in [0.05, 0.1) is 5.54 Å². The number of hydrogen-bond acceptors (Lipinski definition) is 5. The Labute approximate surface area is 147 Å². The van der Waals surface area contributed by atoms with E-state index in [1.54, 1.807) is 4.52 Å². The van der Waals surface area contributed by atoms with Crippen molar-refractivity contribution in [3.8, 4) is 0 Å². The van der Waals surface area contributed by atoms with Crippen molar-refractivity contribution in [2.24, 2.45) is 5.73 Å². The van der Waals surface area contributed by atoms with Gasteiger partial charge < -0.3 is 11.1 Å². The second kappa shape index (κ2) is 7.42. The van der Waals surface area contributed by atoms with Crippen molar-refractivity contribution in [2.75, 3.05) is 6.54 Å². The van der Waals surface area contributed by atoms with Gasteiger partial charge in [-0.15, -0.1) is 29.9 Å². The predicted molar refractivity (Wildman–Crippen MR) is 92.5 cm³/mol. The van der Waals surface area contributed by atoms with Crippen LogP contribution in [-0.2, 0) is 0 Å². The van der Waals surface area contributed by atoms with Crippen LogP contribution < -0.4 is 11.1 Å². The number of aromatic nitrogens is 4. The SMILES string of the molecule is Cc1cc(C)n2nc(C(=O)NC3(CN)CCCC3)nc2n1.Cl.Cl. The third kappa shape index (κ3) is 3.73. The Morgan fingerprint density at radius 1 is 1.30 bits per heavy atom. The highest BCUT2D eigenvalue weighted by Gasteiger charge is 2.35. The molecule has 1 amide bonds.